The van der Waals surface area contributed by atoms with Gasteiger partial charge in [0.1, 0.15) is 5.82 Å². The largest absolute Gasteiger partial charge is 0.369 e. The fourth-order valence-electron chi connectivity index (χ4n) is 1.87. The number of halogens is 1. The van der Waals surface area contributed by atoms with Crippen molar-refractivity contribution in [3.63, 3.8) is 0 Å². The Morgan fingerprint density at radius 2 is 2.11 bits per heavy atom. The molecule has 106 valence electrons. The fraction of sp³-hybridized carbons (Fsp3) is 0.500. The Morgan fingerprint density at radius 3 is 2.74 bits per heavy atom. The molecule has 0 aromatic heterocycles. The highest BCUT2D eigenvalue weighted by atomic mass is 19.1. The lowest BCUT2D eigenvalue weighted by molar-refractivity contribution is -0.120. The maximum Gasteiger partial charge on any atom is 0.221 e. The minimum Gasteiger partial charge on any atom is -0.369 e. The minimum absolute atomic E-state index is 0.0170. The molecule has 0 aliphatic carbocycles. The molecule has 1 aromatic carbocycles. The monoisotopic (exact) mass is 267 g/mol. The Hall–Kier alpha value is -1.62. The van der Waals surface area contributed by atoms with E-state index in [0.717, 1.165) is 6.42 Å². The summed E-state index contributed by atoms with van der Waals surface area (Å²) in [6.45, 7) is 4.18. The lowest BCUT2D eigenvalue weighted by Gasteiger charge is -2.24. The number of hydrogen-bond donors (Lipinski definition) is 2. The van der Waals surface area contributed by atoms with E-state index in [1.165, 1.54) is 6.07 Å². The number of hydrogen-bond acceptors (Lipinski definition) is 3. The van der Waals surface area contributed by atoms with Crippen LogP contribution < -0.4 is 16.0 Å². The van der Waals surface area contributed by atoms with Gasteiger partial charge in [0.2, 0.25) is 5.91 Å². The molecule has 0 saturated carbocycles. The zero-order valence-corrected chi connectivity index (χ0v) is 11.4. The zero-order chi connectivity index (χ0) is 14.1. The predicted octanol–water partition coefficient (Wildman–Crippen LogP) is 1.51. The number of anilines is 1. The van der Waals surface area contributed by atoms with E-state index in [0.29, 0.717) is 38.3 Å². The van der Waals surface area contributed by atoms with Crippen LogP contribution in [0.3, 0.4) is 0 Å². The van der Waals surface area contributed by atoms with Gasteiger partial charge < -0.3 is 16.0 Å². The van der Waals surface area contributed by atoms with E-state index in [2.05, 4.69) is 5.32 Å². The van der Waals surface area contributed by atoms with Crippen molar-refractivity contribution < 1.29 is 9.18 Å². The van der Waals surface area contributed by atoms with E-state index < -0.39 is 0 Å². The highest BCUT2D eigenvalue weighted by Gasteiger charge is 2.12. The molecule has 1 amide bonds. The highest BCUT2D eigenvalue weighted by Crippen LogP contribution is 2.19. The molecule has 4 nitrogen and oxygen atoms in total. The Balaban J connectivity index is 2.66. The first-order chi connectivity index (χ1) is 9.19. The van der Waals surface area contributed by atoms with Crippen molar-refractivity contribution in [1.82, 2.24) is 5.32 Å². The molecular formula is C14H22FN3O. The van der Waals surface area contributed by atoms with Crippen LogP contribution in [0.4, 0.5) is 10.1 Å². The van der Waals surface area contributed by atoms with Gasteiger partial charge in [0, 0.05) is 26.1 Å². The molecule has 0 radical (unpaired) electrons. The molecule has 0 spiro atoms. The molecule has 0 saturated heterocycles. The smallest absolute Gasteiger partial charge is 0.221 e. The molecule has 0 unspecified atom stereocenters. The Bertz CT molecular complexity index is 398. The third-order valence-corrected chi connectivity index (χ3v) is 2.81. The summed E-state index contributed by atoms with van der Waals surface area (Å²) >= 11 is 0. The Morgan fingerprint density at radius 1 is 1.37 bits per heavy atom. The van der Waals surface area contributed by atoms with Crippen molar-refractivity contribution >= 4 is 11.6 Å². The first-order valence-electron chi connectivity index (χ1n) is 6.65. The molecule has 3 N–H and O–H groups in total. The molecule has 19 heavy (non-hydrogen) atoms. The second kappa shape index (κ2) is 8.48. The first kappa shape index (κ1) is 15.4. The topological polar surface area (TPSA) is 58.4 Å². The van der Waals surface area contributed by atoms with Gasteiger partial charge >= 0.3 is 0 Å². The number of carbonyl (C=O) groups excluding carboxylic acids is 1. The van der Waals surface area contributed by atoms with Crippen molar-refractivity contribution in [1.29, 1.82) is 0 Å². The summed E-state index contributed by atoms with van der Waals surface area (Å²) < 4.78 is 13.8. The van der Waals surface area contributed by atoms with Crippen molar-refractivity contribution in [3.05, 3.63) is 30.1 Å². The highest BCUT2D eigenvalue weighted by molar-refractivity contribution is 5.76. The number of benzene rings is 1. The summed E-state index contributed by atoms with van der Waals surface area (Å²) in [5, 5.41) is 2.74. The Labute approximate surface area is 113 Å². The molecule has 1 rings (SSSR count). The quantitative estimate of drug-likeness (QED) is 0.750. The van der Waals surface area contributed by atoms with Crippen LogP contribution in [0.25, 0.3) is 0 Å². The molecule has 0 heterocycles. The molecule has 0 aliphatic heterocycles. The average Bonchev–Trinajstić information content (AvgIpc) is 2.40. The maximum absolute atomic E-state index is 13.8. The van der Waals surface area contributed by atoms with Crippen molar-refractivity contribution in [2.45, 2.75) is 19.8 Å². The molecule has 5 heteroatoms. The normalized spacial score (nSPS) is 10.3. The molecule has 0 bridgehead atoms. The number of amides is 1. The summed E-state index contributed by atoms with van der Waals surface area (Å²) in [5.74, 6) is -0.285. The third kappa shape index (κ3) is 5.26. The average molecular weight is 267 g/mol. The Kier molecular flexibility index (Phi) is 6.89. The van der Waals surface area contributed by atoms with E-state index in [1.807, 2.05) is 11.8 Å². The lowest BCUT2D eigenvalue weighted by Crippen LogP contribution is -2.32. The van der Waals surface area contributed by atoms with Crippen LogP contribution in [-0.2, 0) is 4.79 Å². The van der Waals surface area contributed by atoms with Gasteiger partial charge in [0.05, 0.1) is 5.69 Å². The zero-order valence-electron chi connectivity index (χ0n) is 11.4. The van der Waals surface area contributed by atoms with Gasteiger partial charge in [0.15, 0.2) is 0 Å². The number of carbonyl (C=O) groups is 1. The van der Waals surface area contributed by atoms with Gasteiger partial charge in [-0.25, -0.2) is 4.39 Å². The molecule has 0 atom stereocenters. The van der Waals surface area contributed by atoms with Gasteiger partial charge in [-0.05, 0) is 32.0 Å². The standard InChI is InChI=1S/C14H22FN3O/c1-2-17-14(19)8-11-18(10-5-9-16)13-7-4-3-6-12(13)15/h3-4,6-7H,2,5,8-11,16H2,1H3,(H,17,19). The number of rotatable bonds is 8. The van der Waals surface area contributed by atoms with E-state index in [4.69, 9.17) is 5.73 Å². The van der Waals surface area contributed by atoms with Gasteiger partial charge in [-0.3, -0.25) is 4.79 Å². The molecule has 1 aromatic rings. The number of nitrogens with zero attached hydrogens (tertiary/aromatic N) is 1. The predicted molar refractivity (Wildman–Crippen MR) is 75.6 cm³/mol. The van der Waals surface area contributed by atoms with Gasteiger partial charge in [0.25, 0.3) is 0 Å². The van der Waals surface area contributed by atoms with Crippen LogP contribution in [0, 0.1) is 5.82 Å². The second-order valence-corrected chi connectivity index (χ2v) is 4.28. The molecular weight excluding hydrogens is 245 g/mol. The summed E-state index contributed by atoms with van der Waals surface area (Å²) in [5.41, 5.74) is 6.02. The second-order valence-electron chi connectivity index (χ2n) is 4.28. The third-order valence-electron chi connectivity index (χ3n) is 2.81. The number of nitrogens with one attached hydrogen (secondary N) is 1. The summed E-state index contributed by atoms with van der Waals surface area (Å²) in [6, 6.07) is 6.60. The summed E-state index contributed by atoms with van der Waals surface area (Å²) in [7, 11) is 0. The minimum atomic E-state index is -0.268. The first-order valence-corrected chi connectivity index (χ1v) is 6.65. The lowest BCUT2D eigenvalue weighted by atomic mass is 10.2. The summed E-state index contributed by atoms with van der Waals surface area (Å²) in [4.78, 5) is 13.4. The van der Waals surface area contributed by atoms with Crippen LogP contribution in [0.15, 0.2) is 24.3 Å². The van der Waals surface area contributed by atoms with E-state index in [9.17, 15) is 9.18 Å². The van der Waals surface area contributed by atoms with Gasteiger partial charge in [-0.15, -0.1) is 0 Å². The van der Waals surface area contributed by atoms with Crippen LogP contribution in [0.5, 0.6) is 0 Å². The molecule has 0 aliphatic rings. The van der Waals surface area contributed by atoms with Gasteiger partial charge in [-0.1, -0.05) is 12.1 Å². The summed E-state index contributed by atoms with van der Waals surface area (Å²) in [6.07, 6.45) is 1.12. The van der Waals surface area contributed by atoms with E-state index in [-0.39, 0.29) is 11.7 Å². The van der Waals surface area contributed by atoms with E-state index in [1.54, 1.807) is 18.2 Å². The number of para-hydroxylation sites is 1. The van der Waals surface area contributed by atoms with Crippen LogP contribution in [0.1, 0.15) is 19.8 Å². The number of nitrogens with two attached hydrogens (primary N) is 1. The van der Waals surface area contributed by atoms with Crippen molar-refractivity contribution in [2.75, 3.05) is 31.1 Å². The van der Waals surface area contributed by atoms with Gasteiger partial charge in [-0.2, -0.15) is 0 Å². The van der Waals surface area contributed by atoms with Crippen LogP contribution in [-0.4, -0.2) is 32.1 Å². The van der Waals surface area contributed by atoms with Crippen molar-refractivity contribution in [3.8, 4) is 0 Å². The van der Waals surface area contributed by atoms with Crippen LogP contribution in [0.2, 0.25) is 0 Å². The molecule has 0 fully saturated rings. The maximum atomic E-state index is 13.8. The van der Waals surface area contributed by atoms with Crippen LogP contribution >= 0.6 is 0 Å². The SMILES string of the molecule is CCNC(=O)CCN(CCCN)c1ccccc1F. The van der Waals surface area contributed by atoms with E-state index >= 15 is 0 Å². The van der Waals surface area contributed by atoms with Crippen molar-refractivity contribution in [2.24, 2.45) is 5.73 Å². The fourth-order valence-corrected chi connectivity index (χ4v) is 1.87.